The second kappa shape index (κ2) is 7.87. The van der Waals surface area contributed by atoms with Crippen LogP contribution in [0.4, 0.5) is 0 Å². The van der Waals surface area contributed by atoms with Crippen LogP contribution in [-0.2, 0) is 9.05 Å². The average molecular weight is 451 g/mol. The molecule has 4 nitrogen and oxygen atoms in total. The van der Waals surface area contributed by atoms with Crippen molar-refractivity contribution < 1.29 is 17.9 Å². The summed E-state index contributed by atoms with van der Waals surface area (Å²) in [4.78, 5) is 0. The van der Waals surface area contributed by atoms with Crippen LogP contribution in [0.15, 0.2) is 21.1 Å². The second-order valence-corrected chi connectivity index (χ2v) is 8.74. The van der Waals surface area contributed by atoms with Crippen LogP contribution in [0.5, 0.6) is 11.5 Å². The molecule has 0 aliphatic heterocycles. The van der Waals surface area contributed by atoms with E-state index in [1.807, 2.05) is 6.92 Å². The van der Waals surface area contributed by atoms with Crippen LogP contribution >= 0.6 is 42.5 Å². The minimum Gasteiger partial charge on any atom is -0.496 e. The SMILES string of the molecule is CCC(COc1cc(Br)c(OC)cc1Br)CS(=O)(=O)Cl. The van der Waals surface area contributed by atoms with Gasteiger partial charge in [0.2, 0.25) is 9.05 Å². The smallest absolute Gasteiger partial charge is 0.232 e. The van der Waals surface area contributed by atoms with E-state index in [9.17, 15) is 8.42 Å². The van der Waals surface area contributed by atoms with Gasteiger partial charge in [-0.3, -0.25) is 0 Å². The van der Waals surface area contributed by atoms with E-state index in [2.05, 4.69) is 31.9 Å². The van der Waals surface area contributed by atoms with Gasteiger partial charge in [0, 0.05) is 16.6 Å². The average Bonchev–Trinajstić information content (AvgIpc) is 2.36. The number of hydrogen-bond donors (Lipinski definition) is 0. The highest BCUT2D eigenvalue weighted by molar-refractivity contribution is 9.11. The van der Waals surface area contributed by atoms with Crippen LogP contribution in [0.2, 0.25) is 0 Å². The van der Waals surface area contributed by atoms with Gasteiger partial charge >= 0.3 is 0 Å². The summed E-state index contributed by atoms with van der Waals surface area (Å²) in [5.74, 6) is 1.05. The lowest BCUT2D eigenvalue weighted by Gasteiger charge is -2.16. The Morgan fingerprint density at radius 3 is 2.30 bits per heavy atom. The predicted molar refractivity (Wildman–Crippen MR) is 87.3 cm³/mol. The summed E-state index contributed by atoms with van der Waals surface area (Å²) in [6, 6.07) is 3.55. The van der Waals surface area contributed by atoms with Gasteiger partial charge in [-0.05, 0) is 50.4 Å². The molecule has 0 aliphatic rings. The lowest BCUT2D eigenvalue weighted by Crippen LogP contribution is -2.19. The normalized spacial score (nSPS) is 13.1. The highest BCUT2D eigenvalue weighted by Crippen LogP contribution is 2.36. The summed E-state index contributed by atoms with van der Waals surface area (Å²) in [5.41, 5.74) is 0. The van der Waals surface area contributed by atoms with Crippen molar-refractivity contribution in [3.8, 4) is 11.5 Å². The number of halogens is 3. The number of rotatable bonds is 7. The summed E-state index contributed by atoms with van der Waals surface area (Å²) < 4.78 is 34.5. The van der Waals surface area contributed by atoms with Crippen LogP contribution in [0, 0.1) is 5.92 Å². The van der Waals surface area contributed by atoms with Crippen molar-refractivity contribution in [2.24, 2.45) is 5.92 Å². The van der Waals surface area contributed by atoms with Crippen molar-refractivity contribution in [1.29, 1.82) is 0 Å². The molecule has 0 saturated carbocycles. The largest absolute Gasteiger partial charge is 0.496 e. The van der Waals surface area contributed by atoms with Gasteiger partial charge < -0.3 is 9.47 Å². The molecule has 0 bridgehead atoms. The van der Waals surface area contributed by atoms with E-state index in [0.717, 1.165) is 8.95 Å². The van der Waals surface area contributed by atoms with Gasteiger partial charge in [0.05, 0.1) is 28.4 Å². The first kappa shape index (κ1) is 18.1. The van der Waals surface area contributed by atoms with Crippen LogP contribution in [0.25, 0.3) is 0 Å². The third-order valence-corrected chi connectivity index (χ3v) is 5.18. The molecule has 1 aromatic rings. The van der Waals surface area contributed by atoms with Gasteiger partial charge in [0.25, 0.3) is 0 Å². The Kier molecular flexibility index (Phi) is 7.11. The minimum atomic E-state index is -3.52. The quantitative estimate of drug-likeness (QED) is 0.585. The van der Waals surface area contributed by atoms with Gasteiger partial charge in [-0.2, -0.15) is 0 Å². The number of methoxy groups -OCH3 is 1. The molecule has 1 unspecified atom stereocenters. The zero-order chi connectivity index (χ0) is 15.3. The van der Waals surface area contributed by atoms with E-state index >= 15 is 0 Å². The minimum absolute atomic E-state index is 0.0972. The fourth-order valence-corrected chi connectivity index (χ4v) is 3.90. The molecule has 0 amide bonds. The lowest BCUT2D eigenvalue weighted by molar-refractivity contribution is 0.256. The van der Waals surface area contributed by atoms with Gasteiger partial charge in [-0.25, -0.2) is 8.42 Å². The molecule has 0 heterocycles. The van der Waals surface area contributed by atoms with Crippen molar-refractivity contribution in [3.05, 3.63) is 21.1 Å². The molecule has 1 atom stereocenters. The highest BCUT2D eigenvalue weighted by Gasteiger charge is 2.17. The molecule has 0 saturated heterocycles. The topological polar surface area (TPSA) is 52.6 Å². The summed E-state index contributed by atoms with van der Waals surface area (Å²) in [7, 11) is 3.33. The van der Waals surface area contributed by atoms with E-state index in [4.69, 9.17) is 20.2 Å². The van der Waals surface area contributed by atoms with Crippen LogP contribution < -0.4 is 9.47 Å². The summed E-state index contributed by atoms with van der Waals surface area (Å²) >= 11 is 6.76. The molecule has 0 N–H and O–H groups in total. The van der Waals surface area contributed by atoms with E-state index in [1.165, 1.54) is 0 Å². The maximum absolute atomic E-state index is 11.1. The van der Waals surface area contributed by atoms with Crippen molar-refractivity contribution in [2.45, 2.75) is 13.3 Å². The molecule has 20 heavy (non-hydrogen) atoms. The first-order valence-electron chi connectivity index (χ1n) is 5.85. The molecule has 8 heteroatoms. The number of ether oxygens (including phenoxy) is 2. The van der Waals surface area contributed by atoms with E-state index in [-0.39, 0.29) is 18.3 Å². The van der Waals surface area contributed by atoms with Gasteiger partial charge in [0.15, 0.2) is 0 Å². The van der Waals surface area contributed by atoms with E-state index < -0.39 is 9.05 Å². The van der Waals surface area contributed by atoms with E-state index in [0.29, 0.717) is 17.9 Å². The molecular weight excluding hydrogens is 435 g/mol. The van der Waals surface area contributed by atoms with Crippen LogP contribution in [0.3, 0.4) is 0 Å². The first-order chi connectivity index (χ1) is 9.26. The highest BCUT2D eigenvalue weighted by atomic mass is 79.9. The zero-order valence-electron chi connectivity index (χ0n) is 11.0. The molecule has 1 rings (SSSR count). The zero-order valence-corrected chi connectivity index (χ0v) is 15.8. The Labute approximate surface area is 140 Å². The molecule has 0 spiro atoms. The van der Waals surface area contributed by atoms with Crippen molar-refractivity contribution in [2.75, 3.05) is 19.5 Å². The molecule has 114 valence electrons. The Morgan fingerprint density at radius 1 is 1.25 bits per heavy atom. The molecule has 0 aromatic heterocycles. The maximum Gasteiger partial charge on any atom is 0.232 e. The Morgan fingerprint density at radius 2 is 1.80 bits per heavy atom. The predicted octanol–water partition coefficient (Wildman–Crippen LogP) is 4.19. The summed E-state index contributed by atoms with van der Waals surface area (Å²) in [6.45, 7) is 2.18. The maximum atomic E-state index is 11.1. The fourth-order valence-electron chi connectivity index (χ4n) is 1.55. The van der Waals surface area contributed by atoms with Crippen molar-refractivity contribution in [1.82, 2.24) is 0 Å². The third-order valence-electron chi connectivity index (χ3n) is 2.69. The monoisotopic (exact) mass is 448 g/mol. The van der Waals surface area contributed by atoms with Gasteiger partial charge in [0.1, 0.15) is 11.5 Å². The molecule has 0 fully saturated rings. The van der Waals surface area contributed by atoms with Crippen molar-refractivity contribution >= 4 is 51.6 Å². The number of benzene rings is 1. The van der Waals surface area contributed by atoms with Gasteiger partial charge in [-0.1, -0.05) is 6.92 Å². The lowest BCUT2D eigenvalue weighted by atomic mass is 10.1. The second-order valence-electron chi connectivity index (χ2n) is 4.21. The molecular formula is C12H15Br2ClO4S. The Bertz CT molecular complexity index is 563. The standard InChI is InChI=1S/C12H15Br2ClO4S/c1-3-8(7-20(15,16)17)6-19-12-5-9(13)11(18-2)4-10(12)14/h4-5,8H,3,6-7H2,1-2H3. The summed E-state index contributed by atoms with van der Waals surface area (Å²) in [5, 5.41) is 0. The molecule has 1 aromatic carbocycles. The van der Waals surface area contributed by atoms with E-state index in [1.54, 1.807) is 19.2 Å². The molecule has 0 aliphatic carbocycles. The van der Waals surface area contributed by atoms with Crippen molar-refractivity contribution in [3.63, 3.8) is 0 Å². The Hall–Kier alpha value is 0.0200. The first-order valence-corrected chi connectivity index (χ1v) is 9.91. The number of hydrogen-bond acceptors (Lipinski definition) is 4. The fraction of sp³-hybridized carbons (Fsp3) is 0.500. The third kappa shape index (κ3) is 5.79. The summed E-state index contributed by atoms with van der Waals surface area (Å²) in [6.07, 6.45) is 0.668. The Balaban J connectivity index is 2.76. The molecule has 0 radical (unpaired) electrons. The van der Waals surface area contributed by atoms with Crippen LogP contribution in [0.1, 0.15) is 13.3 Å². The van der Waals surface area contributed by atoms with Gasteiger partial charge in [-0.15, -0.1) is 0 Å². The van der Waals surface area contributed by atoms with Crippen LogP contribution in [-0.4, -0.2) is 27.9 Å².